The number of fused-ring (bicyclic) bond motifs is 1. The molecule has 6 heteroatoms. The number of nitrogens with zero attached hydrogens (tertiary/aromatic N) is 1. The van der Waals surface area contributed by atoms with Crippen LogP contribution in [0.2, 0.25) is 0 Å². The topological polar surface area (TPSA) is 83.0 Å². The van der Waals surface area contributed by atoms with E-state index in [1.165, 1.54) is 13.3 Å². The summed E-state index contributed by atoms with van der Waals surface area (Å²) in [5.74, 6) is 0.0257. The van der Waals surface area contributed by atoms with Crippen molar-refractivity contribution in [1.82, 2.24) is 5.43 Å². The number of anilines is 1. The lowest BCUT2D eigenvalue weighted by Crippen LogP contribution is -2.34. The molecule has 0 radical (unpaired) electrons. The van der Waals surface area contributed by atoms with Crippen molar-refractivity contribution in [3.05, 3.63) is 66.2 Å². The van der Waals surface area contributed by atoms with Crippen molar-refractivity contribution in [2.45, 2.75) is 13.0 Å². The summed E-state index contributed by atoms with van der Waals surface area (Å²) in [4.78, 5) is 12.3. The first kappa shape index (κ1) is 18.3. The molecule has 0 aliphatic heterocycles. The lowest BCUT2D eigenvalue weighted by molar-refractivity contribution is -0.121. The quantitative estimate of drug-likeness (QED) is 0.462. The van der Waals surface area contributed by atoms with E-state index in [4.69, 9.17) is 4.74 Å². The number of rotatable bonds is 6. The molecule has 0 saturated carbocycles. The summed E-state index contributed by atoms with van der Waals surface area (Å²) in [6, 6.07) is 18.4. The van der Waals surface area contributed by atoms with Crippen LogP contribution in [0.25, 0.3) is 10.8 Å². The van der Waals surface area contributed by atoms with Crippen molar-refractivity contribution in [3.63, 3.8) is 0 Å². The van der Waals surface area contributed by atoms with Crippen LogP contribution < -0.4 is 15.5 Å². The van der Waals surface area contributed by atoms with E-state index in [0.717, 1.165) is 16.5 Å². The number of methoxy groups -OCH3 is 1. The lowest BCUT2D eigenvalue weighted by atomic mass is 10.1. The van der Waals surface area contributed by atoms with Gasteiger partial charge in [-0.05, 0) is 30.5 Å². The van der Waals surface area contributed by atoms with Crippen LogP contribution in [0.4, 0.5) is 5.69 Å². The van der Waals surface area contributed by atoms with Gasteiger partial charge in [-0.15, -0.1) is 0 Å². The summed E-state index contributed by atoms with van der Waals surface area (Å²) in [7, 11) is 1.47. The van der Waals surface area contributed by atoms with Gasteiger partial charge >= 0.3 is 0 Å². The van der Waals surface area contributed by atoms with Gasteiger partial charge in [-0.2, -0.15) is 5.10 Å². The maximum atomic E-state index is 12.3. The first-order valence-electron chi connectivity index (χ1n) is 8.53. The standard InChI is InChI=1S/C21H21N3O3/c1-14(23-18-11-5-8-15-7-3-4-10-17(15)18)21(26)24-22-13-16-9-6-12-19(27-2)20(16)25/h3-14,23,25H,1-2H3,(H,24,26)/b22-13+/t14-/m1/s1. The maximum absolute atomic E-state index is 12.3. The Kier molecular flexibility index (Phi) is 5.56. The second-order valence-electron chi connectivity index (χ2n) is 6.03. The molecular weight excluding hydrogens is 342 g/mol. The third-order valence-electron chi connectivity index (χ3n) is 4.18. The van der Waals surface area contributed by atoms with Gasteiger partial charge in [0.15, 0.2) is 11.5 Å². The molecule has 0 unspecified atom stereocenters. The minimum absolute atomic E-state index is 0.0278. The summed E-state index contributed by atoms with van der Waals surface area (Å²) in [5.41, 5.74) is 3.81. The van der Waals surface area contributed by atoms with E-state index in [2.05, 4.69) is 15.8 Å². The molecule has 0 aliphatic carbocycles. The largest absolute Gasteiger partial charge is 0.504 e. The number of phenols is 1. The van der Waals surface area contributed by atoms with E-state index < -0.39 is 6.04 Å². The molecule has 1 atom stereocenters. The molecule has 0 fully saturated rings. The van der Waals surface area contributed by atoms with Crippen molar-refractivity contribution < 1.29 is 14.6 Å². The van der Waals surface area contributed by atoms with E-state index in [0.29, 0.717) is 11.3 Å². The molecule has 0 spiro atoms. The summed E-state index contributed by atoms with van der Waals surface area (Å²) in [5, 5.41) is 19.3. The fourth-order valence-corrected chi connectivity index (χ4v) is 2.72. The highest BCUT2D eigenvalue weighted by Gasteiger charge is 2.13. The smallest absolute Gasteiger partial charge is 0.262 e. The fraction of sp³-hybridized carbons (Fsp3) is 0.143. The van der Waals surface area contributed by atoms with Gasteiger partial charge in [0.25, 0.3) is 5.91 Å². The van der Waals surface area contributed by atoms with E-state index >= 15 is 0 Å². The average molecular weight is 363 g/mol. The molecule has 1 amide bonds. The Morgan fingerprint density at radius 2 is 1.85 bits per heavy atom. The molecule has 3 N–H and O–H groups in total. The van der Waals surface area contributed by atoms with Crippen LogP contribution in [0.1, 0.15) is 12.5 Å². The maximum Gasteiger partial charge on any atom is 0.262 e. The molecule has 27 heavy (non-hydrogen) atoms. The number of aromatic hydroxyl groups is 1. The predicted octanol–water partition coefficient (Wildman–Crippen LogP) is 3.50. The molecule has 0 bridgehead atoms. The Morgan fingerprint density at radius 3 is 2.67 bits per heavy atom. The lowest BCUT2D eigenvalue weighted by Gasteiger charge is -2.15. The number of phenolic OH excluding ortho intramolecular Hbond substituents is 1. The number of nitrogens with one attached hydrogen (secondary N) is 2. The molecule has 0 heterocycles. The summed E-state index contributed by atoms with van der Waals surface area (Å²) >= 11 is 0. The van der Waals surface area contributed by atoms with Crippen LogP contribution in [0, 0.1) is 0 Å². The zero-order chi connectivity index (χ0) is 19.2. The molecule has 0 aromatic heterocycles. The van der Waals surface area contributed by atoms with E-state index in [1.54, 1.807) is 25.1 Å². The van der Waals surface area contributed by atoms with Crippen LogP contribution in [-0.4, -0.2) is 30.4 Å². The van der Waals surface area contributed by atoms with Crippen molar-refractivity contribution >= 4 is 28.6 Å². The van der Waals surface area contributed by atoms with Crippen molar-refractivity contribution in [1.29, 1.82) is 0 Å². The van der Waals surface area contributed by atoms with Crippen LogP contribution in [-0.2, 0) is 4.79 Å². The number of benzene rings is 3. The zero-order valence-corrected chi connectivity index (χ0v) is 15.1. The first-order chi connectivity index (χ1) is 13.1. The molecule has 138 valence electrons. The Morgan fingerprint density at radius 1 is 1.11 bits per heavy atom. The Hall–Kier alpha value is -3.54. The molecule has 3 aromatic carbocycles. The minimum atomic E-state index is -0.494. The highest BCUT2D eigenvalue weighted by molar-refractivity contribution is 5.96. The number of carbonyl (C=O) groups excluding carboxylic acids is 1. The van der Waals surface area contributed by atoms with E-state index in [9.17, 15) is 9.90 Å². The number of hydrogen-bond acceptors (Lipinski definition) is 5. The van der Waals surface area contributed by atoms with Gasteiger partial charge in [-0.3, -0.25) is 4.79 Å². The van der Waals surface area contributed by atoms with E-state index in [-0.39, 0.29) is 11.7 Å². The van der Waals surface area contributed by atoms with Gasteiger partial charge in [0.05, 0.1) is 13.3 Å². The fourth-order valence-electron chi connectivity index (χ4n) is 2.72. The predicted molar refractivity (Wildman–Crippen MR) is 107 cm³/mol. The van der Waals surface area contributed by atoms with Crippen LogP contribution in [0.5, 0.6) is 11.5 Å². The second kappa shape index (κ2) is 8.23. The normalized spacial score (nSPS) is 12.1. The Bertz CT molecular complexity index is 980. The van der Waals surface area contributed by atoms with Crippen molar-refractivity contribution in [2.24, 2.45) is 5.10 Å². The van der Waals surface area contributed by atoms with Crippen molar-refractivity contribution in [3.8, 4) is 11.5 Å². The third kappa shape index (κ3) is 4.17. The van der Waals surface area contributed by atoms with Crippen molar-refractivity contribution in [2.75, 3.05) is 12.4 Å². The molecule has 6 nitrogen and oxygen atoms in total. The minimum Gasteiger partial charge on any atom is -0.504 e. The zero-order valence-electron chi connectivity index (χ0n) is 15.1. The van der Waals surface area contributed by atoms with Gasteiger partial charge in [0.1, 0.15) is 6.04 Å². The monoisotopic (exact) mass is 363 g/mol. The van der Waals surface area contributed by atoms with Crippen LogP contribution >= 0.6 is 0 Å². The molecule has 0 aliphatic rings. The van der Waals surface area contributed by atoms with Gasteiger partial charge in [-0.1, -0.05) is 42.5 Å². The van der Waals surface area contributed by atoms with Gasteiger partial charge < -0.3 is 15.2 Å². The van der Waals surface area contributed by atoms with Crippen LogP contribution in [0.15, 0.2) is 65.8 Å². The number of hydrogen-bond donors (Lipinski definition) is 3. The van der Waals surface area contributed by atoms with E-state index in [1.807, 2.05) is 42.5 Å². The van der Waals surface area contributed by atoms with Crippen LogP contribution in [0.3, 0.4) is 0 Å². The number of ether oxygens (including phenoxy) is 1. The summed E-state index contributed by atoms with van der Waals surface area (Å²) < 4.78 is 5.04. The number of para-hydroxylation sites is 1. The Labute approximate surface area is 157 Å². The highest BCUT2D eigenvalue weighted by atomic mass is 16.5. The first-order valence-corrected chi connectivity index (χ1v) is 8.53. The second-order valence-corrected chi connectivity index (χ2v) is 6.03. The average Bonchev–Trinajstić information content (AvgIpc) is 2.69. The third-order valence-corrected chi connectivity index (χ3v) is 4.18. The molecular formula is C21H21N3O3. The number of amides is 1. The number of carbonyl (C=O) groups is 1. The van der Waals surface area contributed by atoms with Gasteiger partial charge in [0.2, 0.25) is 0 Å². The van der Waals surface area contributed by atoms with Gasteiger partial charge in [0, 0.05) is 16.6 Å². The summed E-state index contributed by atoms with van der Waals surface area (Å²) in [6.45, 7) is 1.76. The highest BCUT2D eigenvalue weighted by Crippen LogP contribution is 2.28. The molecule has 3 rings (SSSR count). The number of hydrazone groups is 1. The van der Waals surface area contributed by atoms with Gasteiger partial charge in [-0.25, -0.2) is 5.43 Å². The Balaban J connectivity index is 1.66. The SMILES string of the molecule is COc1cccc(/C=N/NC(=O)[C@@H](C)Nc2cccc3ccccc23)c1O. The molecule has 0 saturated heterocycles. The molecule has 3 aromatic rings. The summed E-state index contributed by atoms with van der Waals surface area (Å²) in [6.07, 6.45) is 1.38.